The molecule has 4 rings (SSSR count). The topological polar surface area (TPSA) is 91.7 Å². The normalized spacial score (nSPS) is 13.9. The molecular weight excluding hydrogens is 419 g/mol. The summed E-state index contributed by atoms with van der Waals surface area (Å²) in [5.74, 6) is 0.141. The van der Waals surface area contributed by atoms with Crippen molar-refractivity contribution >= 4 is 27.6 Å². The van der Waals surface area contributed by atoms with Crippen molar-refractivity contribution in [2.45, 2.75) is 11.3 Å². The van der Waals surface area contributed by atoms with E-state index < -0.39 is 15.8 Å². The fourth-order valence-corrected chi connectivity index (χ4v) is 4.48. The van der Waals surface area contributed by atoms with E-state index in [1.54, 1.807) is 41.4 Å². The largest absolute Gasteiger partial charge is 0.352 e. The van der Waals surface area contributed by atoms with Crippen molar-refractivity contribution in [3.8, 4) is 0 Å². The van der Waals surface area contributed by atoms with Gasteiger partial charge >= 0.3 is 0 Å². The molecule has 0 saturated heterocycles. The van der Waals surface area contributed by atoms with Crippen LogP contribution in [0, 0.1) is 5.82 Å². The molecule has 0 unspecified atom stereocenters. The van der Waals surface area contributed by atoms with Gasteiger partial charge in [0, 0.05) is 30.4 Å². The Kier molecular flexibility index (Phi) is 5.77. The van der Waals surface area contributed by atoms with Crippen LogP contribution in [0.25, 0.3) is 0 Å². The van der Waals surface area contributed by atoms with Crippen LogP contribution in [0.3, 0.4) is 0 Å². The Bertz CT molecular complexity index is 1230. The molecule has 1 aromatic heterocycles. The molecule has 1 amide bonds. The number of aromatic nitrogens is 1. The summed E-state index contributed by atoms with van der Waals surface area (Å²) in [6, 6.07) is 17.3. The van der Waals surface area contributed by atoms with Gasteiger partial charge in [-0.25, -0.2) is 9.37 Å². The van der Waals surface area contributed by atoms with Crippen LogP contribution >= 0.6 is 0 Å². The second kappa shape index (κ2) is 8.65. The molecule has 31 heavy (non-hydrogen) atoms. The summed E-state index contributed by atoms with van der Waals surface area (Å²) in [6.07, 6.45) is 2.12. The third-order valence-electron chi connectivity index (χ3n) is 4.74. The highest BCUT2D eigenvalue weighted by Crippen LogP contribution is 2.29. The first-order valence-electron chi connectivity index (χ1n) is 9.62. The summed E-state index contributed by atoms with van der Waals surface area (Å²) in [5.41, 5.74) is 0.881. The van der Waals surface area contributed by atoms with E-state index in [1.807, 2.05) is 6.07 Å². The highest BCUT2D eigenvalue weighted by atomic mass is 32.2. The van der Waals surface area contributed by atoms with Gasteiger partial charge in [0.1, 0.15) is 16.5 Å². The molecule has 9 heteroatoms. The number of nitrogens with zero attached hydrogens (tertiary/aromatic N) is 3. The molecule has 3 aromatic rings. The zero-order valence-electron chi connectivity index (χ0n) is 16.4. The Morgan fingerprint density at radius 3 is 2.48 bits per heavy atom. The van der Waals surface area contributed by atoms with Crippen molar-refractivity contribution in [1.82, 2.24) is 10.3 Å². The second-order valence-corrected chi connectivity index (χ2v) is 8.41. The molecule has 0 saturated carbocycles. The first-order chi connectivity index (χ1) is 15.0. The number of fused-ring (bicyclic) bond motifs is 1. The number of sulfonamides is 1. The van der Waals surface area contributed by atoms with Gasteiger partial charge in [0.15, 0.2) is 5.84 Å². The Balaban J connectivity index is 1.50. The van der Waals surface area contributed by atoms with Crippen molar-refractivity contribution in [1.29, 1.82) is 0 Å². The number of pyridine rings is 1. The fraction of sp³-hybridized carbons (Fsp3) is 0.136. The summed E-state index contributed by atoms with van der Waals surface area (Å²) in [6.45, 7) is 0.713. The standard InChI is InChI=1S/C22H19FN4O3S/c23-17-11-9-16(10-12-17)22(28)25-14-5-15-27(20-8-3-4-13-24-20)21-18-6-1-2-7-19(18)31(29,30)26-21/h1-4,6-13H,5,14-15H2,(H,25,28). The first-order valence-corrected chi connectivity index (χ1v) is 11.1. The maximum absolute atomic E-state index is 13.0. The van der Waals surface area contributed by atoms with E-state index in [2.05, 4.69) is 14.7 Å². The maximum Gasteiger partial charge on any atom is 0.285 e. The van der Waals surface area contributed by atoms with Crippen LogP contribution in [-0.2, 0) is 10.0 Å². The van der Waals surface area contributed by atoms with E-state index in [0.717, 1.165) is 0 Å². The van der Waals surface area contributed by atoms with Gasteiger partial charge in [0.25, 0.3) is 15.9 Å². The zero-order valence-corrected chi connectivity index (χ0v) is 17.2. The number of halogens is 1. The maximum atomic E-state index is 13.0. The van der Waals surface area contributed by atoms with Crippen LogP contribution in [0.4, 0.5) is 10.2 Å². The molecule has 0 bridgehead atoms. The van der Waals surface area contributed by atoms with Crippen molar-refractivity contribution < 1.29 is 17.6 Å². The molecule has 0 radical (unpaired) electrons. The quantitative estimate of drug-likeness (QED) is 0.598. The molecule has 158 valence electrons. The Hall–Kier alpha value is -3.59. The van der Waals surface area contributed by atoms with Crippen molar-refractivity contribution in [2.24, 2.45) is 4.40 Å². The highest BCUT2D eigenvalue weighted by molar-refractivity contribution is 7.90. The minimum Gasteiger partial charge on any atom is -0.352 e. The molecule has 2 aromatic carbocycles. The fourth-order valence-electron chi connectivity index (χ4n) is 3.27. The molecule has 7 nitrogen and oxygen atoms in total. The van der Waals surface area contributed by atoms with Crippen LogP contribution in [0.2, 0.25) is 0 Å². The predicted octanol–water partition coefficient (Wildman–Crippen LogP) is 3.00. The summed E-state index contributed by atoms with van der Waals surface area (Å²) >= 11 is 0. The molecule has 0 atom stereocenters. The van der Waals surface area contributed by atoms with E-state index in [-0.39, 0.29) is 10.8 Å². The lowest BCUT2D eigenvalue weighted by Crippen LogP contribution is -2.35. The van der Waals surface area contributed by atoms with E-state index >= 15 is 0 Å². The molecule has 0 fully saturated rings. The lowest BCUT2D eigenvalue weighted by molar-refractivity contribution is 0.0953. The summed E-state index contributed by atoms with van der Waals surface area (Å²) in [5, 5.41) is 2.78. The average Bonchev–Trinajstić information content (AvgIpc) is 3.05. The minimum atomic E-state index is -3.77. The number of carbonyl (C=O) groups excluding carboxylic acids is 1. The molecular formula is C22H19FN4O3S. The SMILES string of the molecule is O=C(NCCCN(C1=NS(=O)(=O)c2ccccc21)c1ccccn1)c1ccc(F)cc1. The van der Waals surface area contributed by atoms with E-state index in [4.69, 9.17) is 0 Å². The number of rotatable bonds is 6. The van der Waals surface area contributed by atoms with Crippen LogP contribution < -0.4 is 10.2 Å². The van der Waals surface area contributed by atoms with Crippen molar-refractivity contribution in [3.05, 3.63) is 89.9 Å². The lowest BCUT2D eigenvalue weighted by Gasteiger charge is -2.23. The van der Waals surface area contributed by atoms with Crippen molar-refractivity contribution in [3.63, 3.8) is 0 Å². The number of anilines is 1. The second-order valence-electron chi connectivity index (χ2n) is 6.84. The van der Waals surface area contributed by atoms with Crippen LogP contribution in [0.15, 0.2) is 82.2 Å². The summed E-state index contributed by atoms with van der Waals surface area (Å²) in [7, 11) is -3.77. The molecule has 1 aliphatic rings. The van der Waals surface area contributed by atoms with Gasteiger partial charge in [-0.15, -0.1) is 4.40 Å². The summed E-state index contributed by atoms with van der Waals surface area (Å²) < 4.78 is 42.0. The van der Waals surface area contributed by atoms with E-state index in [0.29, 0.717) is 42.3 Å². The number of nitrogens with one attached hydrogen (secondary N) is 1. The van der Waals surface area contributed by atoms with Crippen LogP contribution in [0.1, 0.15) is 22.3 Å². The summed E-state index contributed by atoms with van der Waals surface area (Å²) in [4.78, 5) is 18.4. The monoisotopic (exact) mass is 438 g/mol. The van der Waals surface area contributed by atoms with Gasteiger partial charge in [-0.3, -0.25) is 4.79 Å². The Labute approximate surface area is 179 Å². The molecule has 0 spiro atoms. The van der Waals surface area contributed by atoms with E-state index in [9.17, 15) is 17.6 Å². The number of hydrogen-bond acceptors (Lipinski definition) is 5. The van der Waals surface area contributed by atoms with Gasteiger partial charge in [0.05, 0.1) is 0 Å². The Morgan fingerprint density at radius 2 is 1.74 bits per heavy atom. The predicted molar refractivity (Wildman–Crippen MR) is 115 cm³/mol. The third kappa shape index (κ3) is 4.46. The Morgan fingerprint density at radius 1 is 1.00 bits per heavy atom. The number of hydrogen-bond donors (Lipinski definition) is 1. The van der Waals surface area contributed by atoms with Gasteiger partial charge in [0.2, 0.25) is 0 Å². The average molecular weight is 438 g/mol. The smallest absolute Gasteiger partial charge is 0.285 e. The first kappa shape index (κ1) is 20.7. The number of amides is 1. The van der Waals surface area contributed by atoms with E-state index in [1.165, 1.54) is 30.3 Å². The van der Waals surface area contributed by atoms with Gasteiger partial charge in [-0.2, -0.15) is 8.42 Å². The van der Waals surface area contributed by atoms with Gasteiger partial charge in [-0.1, -0.05) is 18.2 Å². The van der Waals surface area contributed by atoms with Crippen LogP contribution in [0.5, 0.6) is 0 Å². The minimum absolute atomic E-state index is 0.163. The molecule has 2 heterocycles. The van der Waals surface area contributed by atoms with Gasteiger partial charge in [-0.05, 0) is 55.0 Å². The zero-order chi connectivity index (χ0) is 21.8. The highest BCUT2D eigenvalue weighted by Gasteiger charge is 2.32. The molecule has 0 aliphatic carbocycles. The van der Waals surface area contributed by atoms with Crippen LogP contribution in [-0.4, -0.2) is 38.2 Å². The lowest BCUT2D eigenvalue weighted by atomic mass is 10.1. The van der Waals surface area contributed by atoms with Gasteiger partial charge < -0.3 is 10.2 Å². The third-order valence-corrected chi connectivity index (χ3v) is 6.07. The van der Waals surface area contributed by atoms with Crippen molar-refractivity contribution in [2.75, 3.05) is 18.0 Å². The number of amidine groups is 1. The number of carbonyl (C=O) groups is 1. The molecule has 1 aliphatic heterocycles. The molecule has 1 N–H and O–H groups in total. The number of benzene rings is 2.